The number of morpholine rings is 1. The molecule has 3 rings (SSSR count). The molecule has 0 aromatic heterocycles. The van der Waals surface area contributed by atoms with Gasteiger partial charge in [-0.25, -0.2) is 0 Å². The Morgan fingerprint density at radius 3 is 2.54 bits per heavy atom. The van der Waals surface area contributed by atoms with Gasteiger partial charge in [0, 0.05) is 25.3 Å². The molecule has 2 aliphatic rings. The summed E-state index contributed by atoms with van der Waals surface area (Å²) in [4.78, 5) is 27.8. The van der Waals surface area contributed by atoms with Gasteiger partial charge >= 0.3 is 6.18 Å². The molecule has 2 aliphatic heterocycles. The Kier molecular flexibility index (Phi) is 4.49. The van der Waals surface area contributed by atoms with Crippen molar-refractivity contribution in [3.05, 3.63) is 29.8 Å². The summed E-state index contributed by atoms with van der Waals surface area (Å²) in [6, 6.07) is 4.62. The number of nitrogens with zero attached hydrogens (tertiary/aromatic N) is 2. The van der Waals surface area contributed by atoms with Crippen LogP contribution in [0.3, 0.4) is 0 Å². The second-order valence-electron chi connectivity index (χ2n) is 5.82. The van der Waals surface area contributed by atoms with Gasteiger partial charge in [-0.15, -0.1) is 0 Å². The molecule has 1 aromatic rings. The van der Waals surface area contributed by atoms with Crippen LogP contribution in [-0.2, 0) is 20.5 Å². The lowest BCUT2D eigenvalue weighted by atomic mass is 10.1. The van der Waals surface area contributed by atoms with Crippen molar-refractivity contribution >= 4 is 17.5 Å². The lowest BCUT2D eigenvalue weighted by Crippen LogP contribution is -2.45. The van der Waals surface area contributed by atoms with Gasteiger partial charge in [-0.2, -0.15) is 13.2 Å². The third-order valence-electron chi connectivity index (χ3n) is 4.31. The molecule has 2 amide bonds. The Hall–Kier alpha value is -2.09. The van der Waals surface area contributed by atoms with Crippen LogP contribution in [0.4, 0.5) is 18.9 Å². The van der Waals surface area contributed by atoms with Crippen LogP contribution in [0.25, 0.3) is 0 Å². The molecular formula is C16H17F3N2O3. The number of hydrogen-bond acceptors (Lipinski definition) is 3. The highest BCUT2D eigenvalue weighted by molar-refractivity contribution is 6.09. The number of amides is 2. The number of ether oxygens (including phenoxy) is 1. The maximum absolute atomic E-state index is 12.8. The van der Waals surface area contributed by atoms with Crippen molar-refractivity contribution in [1.82, 2.24) is 4.90 Å². The summed E-state index contributed by atoms with van der Waals surface area (Å²) in [5.74, 6) is -1.53. The van der Waals surface area contributed by atoms with E-state index in [1.54, 1.807) is 4.90 Å². The van der Waals surface area contributed by atoms with E-state index in [2.05, 4.69) is 0 Å². The molecule has 24 heavy (non-hydrogen) atoms. The predicted molar refractivity (Wildman–Crippen MR) is 79.3 cm³/mol. The summed E-state index contributed by atoms with van der Waals surface area (Å²) in [6.07, 6.45) is -4.16. The number of carbonyl (C=O) groups excluding carboxylic acids is 2. The van der Waals surface area contributed by atoms with Gasteiger partial charge in [0.15, 0.2) is 0 Å². The van der Waals surface area contributed by atoms with E-state index in [0.29, 0.717) is 32.7 Å². The highest BCUT2D eigenvalue weighted by atomic mass is 19.4. The zero-order chi connectivity index (χ0) is 17.3. The Morgan fingerprint density at radius 2 is 1.88 bits per heavy atom. The molecule has 5 nitrogen and oxygen atoms in total. The average molecular weight is 342 g/mol. The van der Waals surface area contributed by atoms with Gasteiger partial charge in [0.25, 0.3) is 0 Å². The van der Waals surface area contributed by atoms with E-state index in [-0.39, 0.29) is 18.1 Å². The SMILES string of the molecule is O=C(C1CCN(c2cccc(C(F)(F)F)c2)C1=O)N1CCOCC1. The maximum atomic E-state index is 12.8. The minimum Gasteiger partial charge on any atom is -0.378 e. The molecule has 2 saturated heterocycles. The smallest absolute Gasteiger partial charge is 0.378 e. The predicted octanol–water partition coefficient (Wildman–Crippen LogP) is 1.92. The molecule has 0 bridgehead atoms. The van der Waals surface area contributed by atoms with Crippen molar-refractivity contribution in [3.63, 3.8) is 0 Å². The van der Waals surface area contributed by atoms with Gasteiger partial charge in [0.2, 0.25) is 11.8 Å². The van der Waals surface area contributed by atoms with Crippen molar-refractivity contribution in [3.8, 4) is 0 Å². The second-order valence-corrected chi connectivity index (χ2v) is 5.82. The molecule has 0 N–H and O–H groups in total. The zero-order valence-corrected chi connectivity index (χ0v) is 12.9. The van der Waals surface area contributed by atoms with E-state index in [1.165, 1.54) is 17.0 Å². The highest BCUT2D eigenvalue weighted by Gasteiger charge is 2.40. The zero-order valence-electron chi connectivity index (χ0n) is 12.9. The van der Waals surface area contributed by atoms with Crippen LogP contribution in [0.5, 0.6) is 0 Å². The molecular weight excluding hydrogens is 325 g/mol. The molecule has 0 aliphatic carbocycles. The first-order chi connectivity index (χ1) is 11.4. The first-order valence-electron chi connectivity index (χ1n) is 7.73. The normalized spacial score (nSPS) is 22.1. The Morgan fingerprint density at radius 1 is 1.17 bits per heavy atom. The van der Waals surface area contributed by atoms with Crippen LogP contribution in [0.15, 0.2) is 24.3 Å². The minimum atomic E-state index is -4.47. The van der Waals surface area contributed by atoms with Gasteiger partial charge in [0.05, 0.1) is 18.8 Å². The molecule has 1 aromatic carbocycles. The fourth-order valence-corrected chi connectivity index (χ4v) is 3.02. The van der Waals surface area contributed by atoms with Crippen molar-refractivity contribution in [2.24, 2.45) is 5.92 Å². The van der Waals surface area contributed by atoms with Gasteiger partial charge in [-0.05, 0) is 24.6 Å². The number of alkyl halides is 3. The van der Waals surface area contributed by atoms with Gasteiger partial charge < -0.3 is 14.5 Å². The number of halogens is 3. The first-order valence-corrected chi connectivity index (χ1v) is 7.73. The summed E-state index contributed by atoms with van der Waals surface area (Å²) in [5, 5.41) is 0. The van der Waals surface area contributed by atoms with Crippen LogP contribution in [0, 0.1) is 5.92 Å². The summed E-state index contributed by atoms with van der Waals surface area (Å²) in [6.45, 7) is 1.98. The quantitative estimate of drug-likeness (QED) is 0.772. The average Bonchev–Trinajstić information content (AvgIpc) is 2.96. The minimum absolute atomic E-state index is 0.173. The third-order valence-corrected chi connectivity index (χ3v) is 4.31. The van der Waals surface area contributed by atoms with Crippen LogP contribution in [-0.4, -0.2) is 49.6 Å². The number of benzene rings is 1. The monoisotopic (exact) mass is 342 g/mol. The van der Waals surface area contributed by atoms with Crippen molar-refractivity contribution in [2.75, 3.05) is 37.7 Å². The van der Waals surface area contributed by atoms with Crippen molar-refractivity contribution in [2.45, 2.75) is 12.6 Å². The van der Waals surface area contributed by atoms with E-state index in [0.717, 1.165) is 12.1 Å². The molecule has 130 valence electrons. The molecule has 2 fully saturated rings. The van der Waals surface area contributed by atoms with Gasteiger partial charge in [0.1, 0.15) is 5.92 Å². The molecule has 0 saturated carbocycles. The Bertz CT molecular complexity index is 642. The molecule has 1 unspecified atom stereocenters. The number of anilines is 1. The lowest BCUT2D eigenvalue weighted by molar-refractivity contribution is -0.143. The second kappa shape index (κ2) is 6.43. The fraction of sp³-hybridized carbons (Fsp3) is 0.500. The topological polar surface area (TPSA) is 49.9 Å². The van der Waals surface area contributed by atoms with Crippen molar-refractivity contribution < 1.29 is 27.5 Å². The van der Waals surface area contributed by atoms with Crippen LogP contribution >= 0.6 is 0 Å². The summed E-state index contributed by atoms with van der Waals surface area (Å²) < 4.78 is 43.7. The van der Waals surface area contributed by atoms with E-state index < -0.39 is 23.6 Å². The molecule has 8 heteroatoms. The first kappa shape index (κ1) is 16.8. The molecule has 1 atom stereocenters. The number of hydrogen-bond donors (Lipinski definition) is 0. The maximum Gasteiger partial charge on any atom is 0.416 e. The molecule has 0 spiro atoms. The third kappa shape index (κ3) is 3.24. The Balaban J connectivity index is 1.75. The molecule has 0 radical (unpaired) electrons. The lowest BCUT2D eigenvalue weighted by Gasteiger charge is -2.28. The van der Waals surface area contributed by atoms with Crippen LogP contribution < -0.4 is 4.90 Å². The number of carbonyl (C=O) groups is 2. The summed E-state index contributed by atoms with van der Waals surface area (Å²) in [7, 11) is 0. The van der Waals surface area contributed by atoms with E-state index in [1.807, 2.05) is 0 Å². The van der Waals surface area contributed by atoms with E-state index in [4.69, 9.17) is 4.74 Å². The standard InChI is InChI=1S/C16H17F3N2O3/c17-16(18,19)11-2-1-3-12(10-11)21-5-4-13(15(21)23)14(22)20-6-8-24-9-7-20/h1-3,10,13H,4-9H2. The fourth-order valence-electron chi connectivity index (χ4n) is 3.02. The van der Waals surface area contributed by atoms with E-state index in [9.17, 15) is 22.8 Å². The van der Waals surface area contributed by atoms with Gasteiger partial charge in [-0.1, -0.05) is 6.07 Å². The molecule has 2 heterocycles. The number of rotatable bonds is 2. The summed E-state index contributed by atoms with van der Waals surface area (Å²) in [5.41, 5.74) is -0.636. The van der Waals surface area contributed by atoms with Crippen LogP contribution in [0.2, 0.25) is 0 Å². The van der Waals surface area contributed by atoms with Crippen LogP contribution in [0.1, 0.15) is 12.0 Å². The van der Waals surface area contributed by atoms with Crippen molar-refractivity contribution in [1.29, 1.82) is 0 Å². The van der Waals surface area contributed by atoms with Gasteiger partial charge in [-0.3, -0.25) is 9.59 Å². The summed E-state index contributed by atoms with van der Waals surface area (Å²) >= 11 is 0. The highest BCUT2D eigenvalue weighted by Crippen LogP contribution is 2.33. The largest absolute Gasteiger partial charge is 0.416 e. The van der Waals surface area contributed by atoms with E-state index >= 15 is 0 Å². The Labute approximate surface area is 137 Å².